The summed E-state index contributed by atoms with van der Waals surface area (Å²) in [7, 11) is 1.56. The van der Waals surface area contributed by atoms with Gasteiger partial charge in [-0.3, -0.25) is 0 Å². The summed E-state index contributed by atoms with van der Waals surface area (Å²) in [4.78, 5) is 15.7. The normalized spacial score (nSPS) is 11.1. The van der Waals surface area contributed by atoms with Crippen molar-refractivity contribution in [3.05, 3.63) is 0 Å². The fourth-order valence-corrected chi connectivity index (χ4v) is 0.767. The molecule has 0 fully saturated rings. The lowest BCUT2D eigenvalue weighted by atomic mass is 10.2. The van der Waals surface area contributed by atoms with Gasteiger partial charge in [-0.25, -0.2) is 10.3 Å². The van der Waals surface area contributed by atoms with Crippen molar-refractivity contribution in [3.63, 3.8) is 0 Å². The van der Waals surface area contributed by atoms with E-state index in [4.69, 9.17) is 4.74 Å². The molecule has 0 heterocycles. The number of carbonyl (C=O) groups excluding carboxylic acids is 1. The number of ether oxygens (including phenoxy) is 1. The van der Waals surface area contributed by atoms with Crippen LogP contribution in [0, 0.1) is 0 Å². The molecule has 0 aliphatic heterocycles. The third-order valence-corrected chi connectivity index (χ3v) is 1.27. The highest BCUT2D eigenvalue weighted by atomic mass is 16.6. The van der Waals surface area contributed by atoms with Crippen LogP contribution in [0.15, 0.2) is 0 Å². The molecular formula is C9H20N2O3. The zero-order valence-electron chi connectivity index (χ0n) is 9.35. The Bertz CT molecular complexity index is 166. The van der Waals surface area contributed by atoms with Crippen molar-refractivity contribution >= 4 is 6.09 Å². The molecule has 0 aromatic carbocycles. The second-order valence-electron chi connectivity index (χ2n) is 3.88. The summed E-state index contributed by atoms with van der Waals surface area (Å²) >= 11 is 0. The molecule has 14 heavy (non-hydrogen) atoms. The van der Waals surface area contributed by atoms with Gasteiger partial charge in [0.2, 0.25) is 0 Å². The molecule has 0 atom stereocenters. The summed E-state index contributed by atoms with van der Waals surface area (Å²) in [6, 6.07) is 0. The van der Waals surface area contributed by atoms with Crippen molar-refractivity contribution < 1.29 is 14.4 Å². The molecule has 0 bridgehead atoms. The average molecular weight is 204 g/mol. The molecule has 0 radical (unpaired) electrons. The second kappa shape index (κ2) is 6.62. The van der Waals surface area contributed by atoms with Crippen molar-refractivity contribution in [3.8, 4) is 0 Å². The van der Waals surface area contributed by atoms with Gasteiger partial charge in [0.05, 0.1) is 7.11 Å². The van der Waals surface area contributed by atoms with Crippen LogP contribution in [0.2, 0.25) is 0 Å². The minimum atomic E-state index is -0.436. The van der Waals surface area contributed by atoms with Gasteiger partial charge < -0.3 is 14.9 Å². The van der Waals surface area contributed by atoms with E-state index in [1.165, 1.54) is 0 Å². The van der Waals surface area contributed by atoms with Crippen LogP contribution in [-0.2, 0) is 9.57 Å². The fourth-order valence-electron chi connectivity index (χ4n) is 0.767. The van der Waals surface area contributed by atoms with Gasteiger partial charge in [-0.05, 0) is 27.2 Å². The van der Waals surface area contributed by atoms with Crippen molar-refractivity contribution in [2.24, 2.45) is 0 Å². The van der Waals surface area contributed by atoms with Crippen molar-refractivity contribution in [1.82, 2.24) is 10.8 Å². The first-order valence-corrected chi connectivity index (χ1v) is 4.68. The summed E-state index contributed by atoms with van der Waals surface area (Å²) in [6.07, 6.45) is 0.419. The van der Waals surface area contributed by atoms with E-state index in [-0.39, 0.29) is 6.09 Å². The Balaban J connectivity index is 3.36. The van der Waals surface area contributed by atoms with Gasteiger partial charge in [0.1, 0.15) is 5.60 Å². The molecule has 2 N–H and O–H groups in total. The second-order valence-corrected chi connectivity index (χ2v) is 3.88. The quantitative estimate of drug-likeness (QED) is 0.519. The van der Waals surface area contributed by atoms with Crippen molar-refractivity contribution in [2.45, 2.75) is 32.8 Å². The van der Waals surface area contributed by atoms with E-state index in [0.29, 0.717) is 13.1 Å². The first-order valence-electron chi connectivity index (χ1n) is 4.68. The van der Waals surface area contributed by atoms with E-state index < -0.39 is 5.60 Å². The van der Waals surface area contributed by atoms with Gasteiger partial charge in [0.25, 0.3) is 0 Å². The first-order chi connectivity index (χ1) is 6.45. The van der Waals surface area contributed by atoms with Gasteiger partial charge in [-0.2, -0.15) is 0 Å². The lowest BCUT2D eigenvalue weighted by Gasteiger charge is -2.19. The lowest BCUT2D eigenvalue weighted by molar-refractivity contribution is 0.0521. The lowest BCUT2D eigenvalue weighted by Crippen LogP contribution is -2.33. The Morgan fingerprint density at radius 2 is 1.93 bits per heavy atom. The molecular weight excluding hydrogens is 184 g/mol. The topological polar surface area (TPSA) is 59.6 Å². The molecule has 5 nitrogen and oxygen atoms in total. The van der Waals surface area contributed by atoms with Gasteiger partial charge in [0, 0.05) is 13.1 Å². The van der Waals surface area contributed by atoms with E-state index in [0.717, 1.165) is 6.42 Å². The zero-order chi connectivity index (χ0) is 11.0. The highest BCUT2D eigenvalue weighted by Crippen LogP contribution is 2.06. The number of hydrogen-bond donors (Lipinski definition) is 2. The third-order valence-electron chi connectivity index (χ3n) is 1.27. The van der Waals surface area contributed by atoms with E-state index >= 15 is 0 Å². The molecule has 0 saturated heterocycles. The van der Waals surface area contributed by atoms with Crippen molar-refractivity contribution in [1.29, 1.82) is 0 Å². The van der Waals surface area contributed by atoms with E-state index in [1.54, 1.807) is 7.11 Å². The average Bonchev–Trinajstić information content (AvgIpc) is 2.00. The summed E-state index contributed by atoms with van der Waals surface area (Å²) in [5, 5.41) is 2.64. The molecule has 0 aromatic rings. The number of hydrogen-bond acceptors (Lipinski definition) is 4. The molecule has 0 aromatic heterocycles. The Hall–Kier alpha value is -0.810. The van der Waals surface area contributed by atoms with E-state index in [1.807, 2.05) is 20.8 Å². The van der Waals surface area contributed by atoms with E-state index in [2.05, 4.69) is 15.6 Å². The highest BCUT2D eigenvalue weighted by molar-refractivity contribution is 5.67. The largest absolute Gasteiger partial charge is 0.444 e. The summed E-state index contributed by atoms with van der Waals surface area (Å²) in [5.41, 5.74) is 2.24. The molecule has 5 heteroatoms. The maximum atomic E-state index is 11.1. The van der Waals surface area contributed by atoms with Crippen molar-refractivity contribution in [2.75, 3.05) is 20.2 Å². The highest BCUT2D eigenvalue weighted by Gasteiger charge is 2.15. The minimum Gasteiger partial charge on any atom is -0.444 e. The van der Waals surface area contributed by atoms with Crippen LogP contribution in [0.1, 0.15) is 27.2 Å². The number of rotatable bonds is 5. The molecule has 1 amide bonds. The van der Waals surface area contributed by atoms with E-state index in [9.17, 15) is 4.79 Å². The van der Waals surface area contributed by atoms with Gasteiger partial charge in [-0.1, -0.05) is 0 Å². The maximum Gasteiger partial charge on any atom is 0.407 e. The van der Waals surface area contributed by atoms with Crippen LogP contribution in [0.5, 0.6) is 0 Å². The molecule has 84 valence electrons. The Kier molecular flexibility index (Phi) is 6.23. The monoisotopic (exact) mass is 204 g/mol. The minimum absolute atomic E-state index is 0.380. The number of carbonyl (C=O) groups is 1. The number of amides is 1. The summed E-state index contributed by atoms with van der Waals surface area (Å²) in [5.74, 6) is 0. The standard InChI is InChI=1S/C9H20N2O3/c1-9(2,3)14-8(12)10-6-5-7-11-13-4/h11H,5-7H2,1-4H3,(H,10,12). The Morgan fingerprint density at radius 3 is 2.43 bits per heavy atom. The molecule has 0 spiro atoms. The van der Waals surface area contributed by atoms with Crippen LogP contribution < -0.4 is 10.8 Å². The molecule has 0 saturated carbocycles. The Labute approximate surface area is 85.1 Å². The van der Waals surface area contributed by atoms with Crippen LogP contribution in [0.3, 0.4) is 0 Å². The zero-order valence-corrected chi connectivity index (χ0v) is 9.35. The first kappa shape index (κ1) is 13.2. The van der Waals surface area contributed by atoms with Crippen LogP contribution in [0.4, 0.5) is 4.79 Å². The third kappa shape index (κ3) is 9.28. The van der Waals surface area contributed by atoms with Crippen LogP contribution >= 0.6 is 0 Å². The maximum absolute atomic E-state index is 11.1. The molecule has 0 unspecified atom stereocenters. The number of nitrogens with one attached hydrogen (secondary N) is 2. The molecule has 0 aliphatic carbocycles. The molecule has 0 rings (SSSR count). The predicted molar refractivity (Wildman–Crippen MR) is 53.9 cm³/mol. The number of hydroxylamine groups is 1. The molecule has 0 aliphatic rings. The predicted octanol–water partition coefficient (Wildman–Crippen LogP) is 1.05. The summed E-state index contributed by atoms with van der Waals surface area (Å²) < 4.78 is 5.04. The fraction of sp³-hybridized carbons (Fsp3) is 0.889. The summed E-state index contributed by atoms with van der Waals surface area (Å²) in [6.45, 7) is 6.77. The SMILES string of the molecule is CONCCCNC(=O)OC(C)(C)C. The number of alkyl carbamates (subject to hydrolysis) is 1. The Morgan fingerprint density at radius 1 is 1.29 bits per heavy atom. The van der Waals surface area contributed by atoms with Crippen LogP contribution in [0.25, 0.3) is 0 Å². The van der Waals surface area contributed by atoms with Crippen LogP contribution in [-0.4, -0.2) is 31.9 Å². The van der Waals surface area contributed by atoms with Gasteiger partial charge in [-0.15, -0.1) is 0 Å². The van der Waals surface area contributed by atoms with Gasteiger partial charge >= 0.3 is 6.09 Å². The smallest absolute Gasteiger partial charge is 0.407 e. The van der Waals surface area contributed by atoms with Gasteiger partial charge in [0.15, 0.2) is 0 Å².